The fourth-order valence-corrected chi connectivity index (χ4v) is 2.88. The Labute approximate surface area is 148 Å². The van der Waals surface area contributed by atoms with E-state index in [2.05, 4.69) is 10.3 Å². The molecule has 1 aliphatic rings. The molecular formula is C19H17N3O4. The summed E-state index contributed by atoms with van der Waals surface area (Å²) in [6.45, 7) is 2.85. The number of aromatic amines is 1. The lowest BCUT2D eigenvalue weighted by atomic mass is 10.2. The van der Waals surface area contributed by atoms with E-state index in [0.717, 1.165) is 10.1 Å². The van der Waals surface area contributed by atoms with Crippen LogP contribution >= 0.6 is 0 Å². The highest BCUT2D eigenvalue weighted by Crippen LogP contribution is 2.33. The molecule has 3 aromatic rings. The molecule has 0 unspecified atom stereocenters. The number of nitrogens with one attached hydrogen (secondary N) is 2. The maximum atomic E-state index is 12.5. The van der Waals surface area contributed by atoms with Crippen molar-refractivity contribution >= 4 is 11.5 Å². The van der Waals surface area contributed by atoms with Crippen LogP contribution in [0.3, 0.4) is 0 Å². The number of benzene rings is 2. The van der Waals surface area contributed by atoms with Gasteiger partial charge < -0.3 is 14.8 Å². The number of hydrogen-bond donors (Lipinski definition) is 2. The van der Waals surface area contributed by atoms with Crippen LogP contribution in [0.2, 0.25) is 0 Å². The summed E-state index contributed by atoms with van der Waals surface area (Å²) >= 11 is 0. The van der Waals surface area contributed by atoms with Crippen molar-refractivity contribution in [2.24, 2.45) is 0 Å². The molecule has 4 rings (SSSR count). The Balaban J connectivity index is 1.68. The third-order valence-corrected chi connectivity index (χ3v) is 4.11. The second-order valence-electron chi connectivity index (χ2n) is 5.93. The van der Waals surface area contributed by atoms with E-state index in [1.165, 1.54) is 6.07 Å². The summed E-state index contributed by atoms with van der Waals surface area (Å²) in [5.41, 5.74) is 1.16. The summed E-state index contributed by atoms with van der Waals surface area (Å²) in [6.07, 6.45) is 0. The van der Waals surface area contributed by atoms with Crippen LogP contribution < -0.4 is 26.0 Å². The van der Waals surface area contributed by atoms with Gasteiger partial charge in [-0.15, -0.1) is 0 Å². The number of aryl methyl sites for hydroxylation is 1. The summed E-state index contributed by atoms with van der Waals surface area (Å²) in [4.78, 5) is 27.6. The van der Waals surface area contributed by atoms with Crippen molar-refractivity contribution in [1.29, 1.82) is 0 Å². The van der Waals surface area contributed by atoms with Gasteiger partial charge in [-0.2, -0.15) is 0 Å². The second-order valence-corrected chi connectivity index (χ2v) is 5.93. The number of fused-ring (bicyclic) bond motifs is 1. The fraction of sp³-hybridized carbons (Fsp3) is 0.158. The van der Waals surface area contributed by atoms with Crippen LogP contribution in [0, 0.1) is 6.92 Å². The number of H-pyrrole nitrogens is 1. The van der Waals surface area contributed by atoms with Gasteiger partial charge in [0.25, 0.3) is 5.56 Å². The summed E-state index contributed by atoms with van der Waals surface area (Å²) in [5, 5.41) is 3.02. The van der Waals surface area contributed by atoms with E-state index in [-0.39, 0.29) is 0 Å². The van der Waals surface area contributed by atoms with Crippen LogP contribution in [0.4, 0.5) is 11.5 Å². The Morgan fingerprint density at radius 2 is 1.77 bits per heavy atom. The van der Waals surface area contributed by atoms with Gasteiger partial charge in [0.05, 0.1) is 5.69 Å². The Hall–Kier alpha value is -3.48. The molecule has 1 aromatic heterocycles. The SMILES string of the molecule is Cc1ccccc1-n1c(=O)cc(Nc2ccc3c(c2)OCCO3)[nH]c1=O. The third-order valence-electron chi connectivity index (χ3n) is 4.11. The summed E-state index contributed by atoms with van der Waals surface area (Å²) in [5.74, 6) is 1.60. The molecule has 0 amide bonds. The predicted octanol–water partition coefficient (Wildman–Crippen LogP) is 2.35. The summed E-state index contributed by atoms with van der Waals surface area (Å²) in [7, 11) is 0. The highest BCUT2D eigenvalue weighted by atomic mass is 16.6. The van der Waals surface area contributed by atoms with Gasteiger partial charge in [-0.3, -0.25) is 9.78 Å². The maximum absolute atomic E-state index is 12.5. The number of hydrogen-bond acceptors (Lipinski definition) is 5. The highest BCUT2D eigenvalue weighted by molar-refractivity contribution is 5.61. The first kappa shape index (κ1) is 16.0. The fourth-order valence-electron chi connectivity index (χ4n) is 2.88. The predicted molar refractivity (Wildman–Crippen MR) is 98.1 cm³/mol. The Morgan fingerprint density at radius 3 is 2.54 bits per heavy atom. The molecule has 7 nitrogen and oxygen atoms in total. The lowest BCUT2D eigenvalue weighted by molar-refractivity contribution is 0.171. The van der Waals surface area contributed by atoms with E-state index >= 15 is 0 Å². The lowest BCUT2D eigenvalue weighted by Gasteiger charge is -2.19. The van der Waals surface area contributed by atoms with Crippen LogP contribution in [0.1, 0.15) is 5.56 Å². The number of rotatable bonds is 3. The van der Waals surface area contributed by atoms with Gasteiger partial charge in [0.1, 0.15) is 19.0 Å². The number of nitrogens with zero attached hydrogens (tertiary/aromatic N) is 1. The Kier molecular flexibility index (Phi) is 3.96. The van der Waals surface area contributed by atoms with Crippen LogP contribution in [0.25, 0.3) is 5.69 Å². The van der Waals surface area contributed by atoms with E-state index < -0.39 is 11.2 Å². The largest absolute Gasteiger partial charge is 0.486 e. The number of anilines is 2. The van der Waals surface area contributed by atoms with Crippen molar-refractivity contribution in [3.63, 3.8) is 0 Å². The van der Waals surface area contributed by atoms with Crippen molar-refractivity contribution in [3.05, 3.63) is 74.9 Å². The molecule has 0 spiro atoms. The van der Waals surface area contributed by atoms with Crippen LogP contribution in [0.5, 0.6) is 11.5 Å². The first-order valence-electron chi connectivity index (χ1n) is 8.21. The minimum Gasteiger partial charge on any atom is -0.486 e. The van der Waals surface area contributed by atoms with Crippen molar-refractivity contribution in [1.82, 2.24) is 9.55 Å². The first-order valence-corrected chi connectivity index (χ1v) is 8.21. The van der Waals surface area contributed by atoms with Gasteiger partial charge in [0, 0.05) is 17.8 Å². The zero-order valence-electron chi connectivity index (χ0n) is 14.1. The van der Waals surface area contributed by atoms with Crippen LogP contribution in [-0.2, 0) is 0 Å². The summed E-state index contributed by atoms with van der Waals surface area (Å²) in [6, 6.07) is 13.9. The minimum absolute atomic E-state index is 0.307. The molecule has 2 aromatic carbocycles. The monoisotopic (exact) mass is 351 g/mol. The van der Waals surface area contributed by atoms with Crippen molar-refractivity contribution in [3.8, 4) is 17.2 Å². The normalized spacial score (nSPS) is 12.7. The first-order chi connectivity index (χ1) is 12.6. The van der Waals surface area contributed by atoms with Gasteiger partial charge in [-0.1, -0.05) is 18.2 Å². The quantitative estimate of drug-likeness (QED) is 0.757. The number of para-hydroxylation sites is 1. The topological polar surface area (TPSA) is 85.3 Å². The van der Waals surface area contributed by atoms with Crippen LogP contribution in [-0.4, -0.2) is 22.8 Å². The molecule has 0 bridgehead atoms. The van der Waals surface area contributed by atoms with Gasteiger partial charge in [-0.05, 0) is 30.7 Å². The average Bonchev–Trinajstić information content (AvgIpc) is 2.63. The highest BCUT2D eigenvalue weighted by Gasteiger charge is 2.13. The Morgan fingerprint density at radius 1 is 1.00 bits per heavy atom. The molecule has 0 atom stereocenters. The molecule has 26 heavy (non-hydrogen) atoms. The lowest BCUT2D eigenvalue weighted by Crippen LogP contribution is -2.34. The smallest absolute Gasteiger partial charge is 0.334 e. The zero-order valence-corrected chi connectivity index (χ0v) is 14.1. The van der Waals surface area contributed by atoms with E-state index in [1.807, 2.05) is 19.1 Å². The maximum Gasteiger partial charge on any atom is 0.334 e. The molecule has 0 saturated carbocycles. The molecular weight excluding hydrogens is 334 g/mol. The average molecular weight is 351 g/mol. The summed E-state index contributed by atoms with van der Waals surface area (Å²) < 4.78 is 12.1. The molecule has 0 aliphatic carbocycles. The van der Waals surface area contributed by atoms with Gasteiger partial charge >= 0.3 is 5.69 Å². The van der Waals surface area contributed by atoms with E-state index in [9.17, 15) is 9.59 Å². The molecule has 2 heterocycles. The molecule has 7 heteroatoms. The molecule has 0 saturated heterocycles. The van der Waals surface area contributed by atoms with E-state index in [0.29, 0.717) is 41.9 Å². The molecule has 0 fully saturated rings. The van der Waals surface area contributed by atoms with Crippen molar-refractivity contribution in [2.45, 2.75) is 6.92 Å². The third kappa shape index (κ3) is 2.95. The van der Waals surface area contributed by atoms with E-state index in [4.69, 9.17) is 9.47 Å². The molecule has 2 N–H and O–H groups in total. The van der Waals surface area contributed by atoms with E-state index in [1.54, 1.807) is 30.3 Å². The van der Waals surface area contributed by atoms with Crippen molar-refractivity contribution < 1.29 is 9.47 Å². The van der Waals surface area contributed by atoms with Gasteiger partial charge in [-0.25, -0.2) is 9.36 Å². The molecule has 132 valence electrons. The number of ether oxygens (including phenoxy) is 2. The van der Waals surface area contributed by atoms with Crippen LogP contribution in [0.15, 0.2) is 58.1 Å². The second kappa shape index (κ2) is 6.44. The standard InChI is InChI=1S/C19H17N3O4/c1-12-4-2-3-5-14(12)22-18(23)11-17(21-19(22)24)20-13-6-7-15-16(10-13)26-9-8-25-15/h2-7,10-11,20H,8-9H2,1H3,(H,21,24). The van der Waals surface area contributed by atoms with Crippen molar-refractivity contribution in [2.75, 3.05) is 18.5 Å². The van der Waals surface area contributed by atoms with Gasteiger partial charge in [0.15, 0.2) is 11.5 Å². The molecule has 0 radical (unpaired) electrons. The minimum atomic E-state index is -0.508. The number of aromatic nitrogens is 2. The Bertz CT molecular complexity index is 1050. The van der Waals surface area contributed by atoms with Gasteiger partial charge in [0.2, 0.25) is 0 Å². The molecule has 1 aliphatic heterocycles. The zero-order chi connectivity index (χ0) is 18.1.